The minimum absolute atomic E-state index is 0.549. The molecule has 90 valence electrons. The number of aryl methyl sites for hydroxylation is 1. The van der Waals surface area contributed by atoms with Crippen LogP contribution in [-0.2, 0) is 6.42 Å². The summed E-state index contributed by atoms with van der Waals surface area (Å²) in [6, 6.07) is 0. The van der Waals surface area contributed by atoms with Gasteiger partial charge in [-0.1, -0.05) is 20.8 Å². The average molecular weight is 239 g/mol. The summed E-state index contributed by atoms with van der Waals surface area (Å²) in [5.74, 6) is 1.90. The summed E-state index contributed by atoms with van der Waals surface area (Å²) in [5, 5.41) is 4.80. The van der Waals surface area contributed by atoms with E-state index in [9.17, 15) is 0 Å². The number of nitrogens with one attached hydrogen (secondary N) is 1. The topological polar surface area (TPSA) is 37.8 Å². The molecule has 0 unspecified atom stereocenters. The third-order valence-corrected chi connectivity index (χ3v) is 3.30. The van der Waals surface area contributed by atoms with Crippen molar-refractivity contribution in [1.82, 2.24) is 9.97 Å². The fourth-order valence-corrected chi connectivity index (χ4v) is 2.34. The molecule has 0 atom stereocenters. The van der Waals surface area contributed by atoms with Gasteiger partial charge >= 0.3 is 0 Å². The highest BCUT2D eigenvalue weighted by Gasteiger charge is 2.11. The van der Waals surface area contributed by atoms with Crippen LogP contribution in [0.4, 0.5) is 5.82 Å². The molecule has 4 heteroatoms. The maximum absolute atomic E-state index is 4.62. The minimum Gasteiger partial charge on any atom is -0.373 e. The lowest BCUT2D eigenvalue weighted by Crippen LogP contribution is -2.05. The van der Waals surface area contributed by atoms with Gasteiger partial charge in [0.1, 0.15) is 16.7 Å². The van der Waals surface area contributed by atoms with Gasteiger partial charge in [0, 0.05) is 24.3 Å². The summed E-state index contributed by atoms with van der Waals surface area (Å²) in [6.45, 7) is 8.60. The number of aromatic nitrogens is 2. The molecular formula is C12H21N3S. The Morgan fingerprint density at radius 2 is 2.00 bits per heavy atom. The van der Waals surface area contributed by atoms with Gasteiger partial charge in [0.05, 0.1) is 0 Å². The Bertz CT molecular complexity index is 350. The molecule has 0 amide bonds. The van der Waals surface area contributed by atoms with E-state index in [4.69, 9.17) is 0 Å². The SMILES string of the molecule is CCCc1nc(NC)c(C)c(SC(C)C)n1. The zero-order chi connectivity index (χ0) is 12.1. The van der Waals surface area contributed by atoms with E-state index in [1.165, 1.54) is 0 Å². The quantitative estimate of drug-likeness (QED) is 0.632. The van der Waals surface area contributed by atoms with E-state index in [0.717, 1.165) is 35.1 Å². The largest absolute Gasteiger partial charge is 0.373 e. The molecule has 0 aromatic carbocycles. The van der Waals surface area contributed by atoms with Crippen molar-refractivity contribution >= 4 is 17.6 Å². The van der Waals surface area contributed by atoms with Crippen molar-refractivity contribution in [3.05, 3.63) is 11.4 Å². The first-order chi connectivity index (χ1) is 7.58. The molecule has 0 radical (unpaired) electrons. The average Bonchev–Trinajstić information content (AvgIpc) is 2.22. The van der Waals surface area contributed by atoms with E-state index in [0.29, 0.717) is 5.25 Å². The maximum Gasteiger partial charge on any atom is 0.133 e. The Morgan fingerprint density at radius 3 is 2.50 bits per heavy atom. The number of anilines is 1. The third-order valence-electron chi connectivity index (χ3n) is 2.21. The van der Waals surface area contributed by atoms with Crippen molar-refractivity contribution in [1.29, 1.82) is 0 Å². The fraction of sp³-hybridized carbons (Fsp3) is 0.667. The van der Waals surface area contributed by atoms with Gasteiger partial charge in [-0.3, -0.25) is 0 Å². The lowest BCUT2D eigenvalue weighted by Gasteiger charge is -2.12. The van der Waals surface area contributed by atoms with Crippen LogP contribution < -0.4 is 5.32 Å². The van der Waals surface area contributed by atoms with E-state index in [2.05, 4.69) is 43.0 Å². The number of rotatable bonds is 5. The highest BCUT2D eigenvalue weighted by Crippen LogP contribution is 2.28. The summed E-state index contributed by atoms with van der Waals surface area (Å²) < 4.78 is 0. The van der Waals surface area contributed by atoms with Gasteiger partial charge in [-0.25, -0.2) is 9.97 Å². The zero-order valence-electron chi connectivity index (χ0n) is 10.8. The van der Waals surface area contributed by atoms with Gasteiger partial charge in [0.25, 0.3) is 0 Å². The molecule has 0 aliphatic carbocycles. The standard InChI is InChI=1S/C12H21N3S/c1-6-7-10-14-11(13-5)9(4)12(15-10)16-8(2)3/h8H,6-7H2,1-5H3,(H,13,14,15). The van der Waals surface area contributed by atoms with Gasteiger partial charge in [-0.15, -0.1) is 11.8 Å². The van der Waals surface area contributed by atoms with Crippen molar-refractivity contribution < 1.29 is 0 Å². The number of thioether (sulfide) groups is 1. The van der Waals surface area contributed by atoms with E-state index >= 15 is 0 Å². The van der Waals surface area contributed by atoms with Crippen LogP contribution in [-0.4, -0.2) is 22.3 Å². The van der Waals surface area contributed by atoms with Crippen molar-refractivity contribution in [2.24, 2.45) is 0 Å². The Labute approximate surface area is 102 Å². The molecule has 1 N–H and O–H groups in total. The summed E-state index contributed by atoms with van der Waals surface area (Å²) in [6.07, 6.45) is 2.03. The van der Waals surface area contributed by atoms with Crippen LogP contribution in [0.2, 0.25) is 0 Å². The predicted octanol–water partition coefficient (Wildman–Crippen LogP) is 3.28. The van der Waals surface area contributed by atoms with Gasteiger partial charge in [-0.05, 0) is 13.3 Å². The predicted molar refractivity (Wildman–Crippen MR) is 71.3 cm³/mol. The summed E-state index contributed by atoms with van der Waals surface area (Å²) in [4.78, 5) is 9.14. The highest BCUT2D eigenvalue weighted by molar-refractivity contribution is 7.99. The Kier molecular flexibility index (Phi) is 5.06. The Balaban J connectivity index is 3.08. The smallest absolute Gasteiger partial charge is 0.133 e. The van der Waals surface area contributed by atoms with Gasteiger partial charge < -0.3 is 5.32 Å². The third kappa shape index (κ3) is 3.37. The molecule has 0 bridgehead atoms. The molecule has 0 aliphatic heterocycles. The molecule has 1 rings (SSSR count). The van der Waals surface area contributed by atoms with E-state index in [-0.39, 0.29) is 0 Å². The molecule has 0 aliphatic rings. The summed E-state index contributed by atoms with van der Waals surface area (Å²) >= 11 is 1.80. The van der Waals surface area contributed by atoms with Crippen LogP contribution in [0, 0.1) is 6.92 Å². The van der Waals surface area contributed by atoms with Crippen LogP contribution in [0.5, 0.6) is 0 Å². The van der Waals surface area contributed by atoms with Crippen molar-refractivity contribution in [2.45, 2.75) is 50.8 Å². The normalized spacial score (nSPS) is 10.9. The lowest BCUT2D eigenvalue weighted by molar-refractivity contribution is 0.803. The van der Waals surface area contributed by atoms with Crippen LogP contribution >= 0.6 is 11.8 Å². The van der Waals surface area contributed by atoms with Crippen LogP contribution in [0.15, 0.2) is 5.03 Å². The second kappa shape index (κ2) is 6.09. The molecule has 0 spiro atoms. The molecule has 1 heterocycles. The maximum atomic E-state index is 4.62. The fourth-order valence-electron chi connectivity index (χ4n) is 1.46. The number of hydrogen-bond acceptors (Lipinski definition) is 4. The van der Waals surface area contributed by atoms with Crippen LogP contribution in [0.3, 0.4) is 0 Å². The number of nitrogens with zero attached hydrogens (tertiary/aromatic N) is 2. The van der Waals surface area contributed by atoms with Crippen molar-refractivity contribution in [3.63, 3.8) is 0 Å². The highest BCUT2D eigenvalue weighted by atomic mass is 32.2. The molecule has 0 saturated carbocycles. The Morgan fingerprint density at radius 1 is 1.31 bits per heavy atom. The van der Waals surface area contributed by atoms with E-state index in [1.54, 1.807) is 11.8 Å². The Hall–Kier alpha value is -0.770. The molecular weight excluding hydrogens is 218 g/mol. The lowest BCUT2D eigenvalue weighted by atomic mass is 10.3. The summed E-state index contributed by atoms with van der Waals surface area (Å²) in [5.41, 5.74) is 1.15. The van der Waals surface area contributed by atoms with Crippen molar-refractivity contribution in [3.8, 4) is 0 Å². The van der Waals surface area contributed by atoms with Gasteiger partial charge in [0.15, 0.2) is 0 Å². The molecule has 1 aromatic rings. The molecule has 0 saturated heterocycles. The first-order valence-corrected chi connectivity index (χ1v) is 6.68. The number of hydrogen-bond donors (Lipinski definition) is 1. The van der Waals surface area contributed by atoms with Gasteiger partial charge in [-0.2, -0.15) is 0 Å². The molecule has 3 nitrogen and oxygen atoms in total. The van der Waals surface area contributed by atoms with Crippen LogP contribution in [0.1, 0.15) is 38.6 Å². The first kappa shape index (κ1) is 13.3. The second-order valence-corrected chi connectivity index (χ2v) is 5.65. The van der Waals surface area contributed by atoms with Crippen molar-refractivity contribution in [2.75, 3.05) is 12.4 Å². The van der Waals surface area contributed by atoms with Crippen LogP contribution in [0.25, 0.3) is 0 Å². The second-order valence-electron chi connectivity index (χ2n) is 4.09. The van der Waals surface area contributed by atoms with Gasteiger partial charge in [0.2, 0.25) is 0 Å². The first-order valence-electron chi connectivity index (χ1n) is 5.80. The minimum atomic E-state index is 0.549. The van der Waals surface area contributed by atoms with E-state index in [1.807, 2.05) is 7.05 Å². The summed E-state index contributed by atoms with van der Waals surface area (Å²) in [7, 11) is 1.91. The van der Waals surface area contributed by atoms with E-state index < -0.39 is 0 Å². The molecule has 0 fully saturated rings. The zero-order valence-corrected chi connectivity index (χ0v) is 11.6. The molecule has 16 heavy (non-hydrogen) atoms. The monoisotopic (exact) mass is 239 g/mol. The molecule has 1 aromatic heterocycles.